The van der Waals surface area contributed by atoms with E-state index in [4.69, 9.17) is 0 Å². The summed E-state index contributed by atoms with van der Waals surface area (Å²) >= 11 is 3.32. The number of thiophene rings is 1. The molecule has 1 N–H and O–H groups in total. The van der Waals surface area contributed by atoms with Crippen LogP contribution in [-0.2, 0) is 23.4 Å². The van der Waals surface area contributed by atoms with Crippen molar-refractivity contribution in [3.05, 3.63) is 56.7 Å². The third-order valence-electron chi connectivity index (χ3n) is 5.97. The van der Waals surface area contributed by atoms with Crippen LogP contribution in [0.5, 0.6) is 0 Å². The first-order valence-electron chi connectivity index (χ1n) is 10.5. The summed E-state index contributed by atoms with van der Waals surface area (Å²) in [6.07, 6.45) is 9.37. The Morgan fingerprint density at radius 3 is 3.13 bits per heavy atom. The number of carbonyl (C=O) groups excluding carboxylic acids is 1. The highest BCUT2D eigenvalue weighted by molar-refractivity contribution is 7.98. The van der Waals surface area contributed by atoms with Crippen LogP contribution < -0.4 is 5.56 Å². The molecular formula is C22H24N4O2S2. The van der Waals surface area contributed by atoms with Gasteiger partial charge in [-0.25, -0.2) is 4.98 Å². The highest BCUT2D eigenvalue weighted by atomic mass is 32.2. The number of nitrogens with one attached hydrogen (secondary N) is 1. The summed E-state index contributed by atoms with van der Waals surface area (Å²) in [7, 11) is 0. The normalized spacial score (nSPS) is 18.3. The molecule has 0 bridgehead atoms. The Kier molecular flexibility index (Phi) is 5.60. The van der Waals surface area contributed by atoms with Gasteiger partial charge in [-0.1, -0.05) is 6.07 Å². The summed E-state index contributed by atoms with van der Waals surface area (Å²) in [6, 6.07) is 4.13. The number of aromatic nitrogens is 3. The van der Waals surface area contributed by atoms with Gasteiger partial charge in [0, 0.05) is 36.0 Å². The molecule has 1 fully saturated rings. The summed E-state index contributed by atoms with van der Waals surface area (Å²) in [6.45, 7) is 0.817. The largest absolute Gasteiger partial charge is 0.336 e. The first-order chi connectivity index (χ1) is 14.7. The van der Waals surface area contributed by atoms with Crippen molar-refractivity contribution in [2.75, 3.05) is 12.3 Å². The van der Waals surface area contributed by atoms with E-state index in [1.807, 2.05) is 17.2 Å². The molecule has 30 heavy (non-hydrogen) atoms. The van der Waals surface area contributed by atoms with Gasteiger partial charge in [0.15, 0.2) is 0 Å². The van der Waals surface area contributed by atoms with Crippen LogP contribution in [0, 0.1) is 0 Å². The van der Waals surface area contributed by atoms with Gasteiger partial charge in [-0.3, -0.25) is 14.6 Å². The molecule has 0 spiro atoms. The SMILES string of the molecule is O=C(CCSCc1nc2sc3c(c2c(=O)[nH]1)CCC3)N1CCC[C@H]1c1cccnc1. The maximum Gasteiger partial charge on any atom is 0.259 e. The topological polar surface area (TPSA) is 79.0 Å². The Morgan fingerprint density at radius 2 is 2.27 bits per heavy atom. The Balaban J connectivity index is 1.18. The van der Waals surface area contributed by atoms with E-state index in [0.717, 1.165) is 60.2 Å². The zero-order valence-corrected chi connectivity index (χ0v) is 18.4. The number of rotatable bonds is 6. The first kappa shape index (κ1) is 19.8. The van der Waals surface area contributed by atoms with Gasteiger partial charge in [0.25, 0.3) is 5.56 Å². The molecule has 0 radical (unpaired) electrons. The van der Waals surface area contributed by atoms with Crippen LogP contribution in [-0.4, -0.2) is 38.1 Å². The second-order valence-electron chi connectivity index (χ2n) is 7.88. The average Bonchev–Trinajstić information content (AvgIpc) is 3.47. The molecule has 8 heteroatoms. The second-order valence-corrected chi connectivity index (χ2v) is 10.1. The van der Waals surface area contributed by atoms with Crippen molar-refractivity contribution in [1.82, 2.24) is 19.9 Å². The van der Waals surface area contributed by atoms with E-state index < -0.39 is 0 Å². The lowest BCUT2D eigenvalue weighted by Gasteiger charge is -2.24. The minimum absolute atomic E-state index is 0.0116. The molecule has 2 aliphatic rings. The number of thioether (sulfide) groups is 1. The number of nitrogens with zero attached hydrogens (tertiary/aromatic N) is 3. The second kappa shape index (κ2) is 8.51. The molecule has 0 saturated carbocycles. The number of amides is 1. The van der Waals surface area contributed by atoms with Gasteiger partial charge in [-0.05, 0) is 49.3 Å². The van der Waals surface area contributed by atoms with Gasteiger partial charge in [0.1, 0.15) is 10.7 Å². The molecule has 0 aromatic carbocycles. The smallest absolute Gasteiger partial charge is 0.259 e. The number of aromatic amines is 1. The number of carbonyl (C=O) groups is 1. The number of hydrogen-bond acceptors (Lipinski definition) is 6. The van der Waals surface area contributed by atoms with Gasteiger partial charge in [0.2, 0.25) is 5.91 Å². The molecule has 6 nitrogen and oxygen atoms in total. The summed E-state index contributed by atoms with van der Waals surface area (Å²) in [5.41, 5.74) is 2.32. The van der Waals surface area contributed by atoms with Gasteiger partial charge >= 0.3 is 0 Å². The molecule has 1 aliphatic carbocycles. The van der Waals surface area contributed by atoms with E-state index in [0.29, 0.717) is 18.0 Å². The van der Waals surface area contributed by atoms with Crippen molar-refractivity contribution in [3.63, 3.8) is 0 Å². The molecule has 1 amide bonds. The van der Waals surface area contributed by atoms with Crippen molar-refractivity contribution in [3.8, 4) is 0 Å². The van der Waals surface area contributed by atoms with E-state index >= 15 is 0 Å². The standard InChI is InChI=1S/C22H24N4O2S2/c27-19(26-10-3-6-16(26)14-4-2-9-23-12-14)8-11-29-13-18-24-21(28)20-15-5-1-7-17(15)30-22(20)25-18/h2,4,9,12,16H,1,3,5-8,10-11,13H2,(H,24,25,28)/t16-/m0/s1. The lowest BCUT2D eigenvalue weighted by molar-refractivity contribution is -0.131. The summed E-state index contributed by atoms with van der Waals surface area (Å²) in [5.74, 6) is 2.24. The summed E-state index contributed by atoms with van der Waals surface area (Å²) in [4.78, 5) is 41.3. The Morgan fingerprint density at radius 1 is 1.33 bits per heavy atom. The molecule has 1 saturated heterocycles. The number of likely N-dealkylation sites (tertiary alicyclic amines) is 1. The molecule has 1 aliphatic heterocycles. The van der Waals surface area contributed by atoms with Crippen LogP contribution in [0.3, 0.4) is 0 Å². The minimum atomic E-state index is -0.0116. The van der Waals surface area contributed by atoms with Gasteiger partial charge < -0.3 is 9.88 Å². The molecule has 0 unspecified atom stereocenters. The highest BCUT2D eigenvalue weighted by Gasteiger charge is 2.29. The monoisotopic (exact) mass is 440 g/mol. The van der Waals surface area contributed by atoms with Crippen LogP contribution in [0.15, 0.2) is 29.3 Å². The van der Waals surface area contributed by atoms with Crippen molar-refractivity contribution in [2.24, 2.45) is 0 Å². The number of H-pyrrole nitrogens is 1. The Hall–Kier alpha value is -2.19. The molecule has 156 valence electrons. The quantitative estimate of drug-likeness (QED) is 0.589. The zero-order chi connectivity index (χ0) is 20.5. The molecule has 3 aromatic rings. The Bertz CT molecular complexity index is 1130. The number of aryl methyl sites for hydroxylation is 2. The molecule has 4 heterocycles. The number of fused-ring (bicyclic) bond motifs is 3. The van der Waals surface area contributed by atoms with E-state index in [1.54, 1.807) is 29.3 Å². The van der Waals surface area contributed by atoms with Crippen molar-refractivity contribution >= 4 is 39.2 Å². The number of pyridine rings is 1. The lowest BCUT2D eigenvalue weighted by atomic mass is 10.1. The maximum atomic E-state index is 12.8. The predicted octanol–water partition coefficient (Wildman–Crippen LogP) is 3.86. The summed E-state index contributed by atoms with van der Waals surface area (Å²) < 4.78 is 0. The zero-order valence-electron chi connectivity index (χ0n) is 16.7. The van der Waals surface area contributed by atoms with E-state index in [1.165, 1.54) is 10.4 Å². The van der Waals surface area contributed by atoms with Crippen LogP contribution in [0.2, 0.25) is 0 Å². The minimum Gasteiger partial charge on any atom is -0.336 e. The molecule has 3 aromatic heterocycles. The predicted molar refractivity (Wildman–Crippen MR) is 121 cm³/mol. The van der Waals surface area contributed by atoms with Gasteiger partial charge in [0.05, 0.1) is 17.2 Å². The summed E-state index contributed by atoms with van der Waals surface area (Å²) in [5, 5.41) is 0.798. The fourth-order valence-electron chi connectivity index (χ4n) is 4.57. The van der Waals surface area contributed by atoms with Crippen molar-refractivity contribution in [1.29, 1.82) is 0 Å². The van der Waals surface area contributed by atoms with Crippen LogP contribution in [0.1, 0.15) is 53.6 Å². The van der Waals surface area contributed by atoms with Gasteiger partial charge in [-0.15, -0.1) is 11.3 Å². The third kappa shape index (κ3) is 3.78. The highest BCUT2D eigenvalue weighted by Crippen LogP contribution is 2.35. The average molecular weight is 441 g/mol. The van der Waals surface area contributed by atoms with Crippen LogP contribution >= 0.6 is 23.1 Å². The fourth-order valence-corrected chi connectivity index (χ4v) is 6.65. The molecule has 1 atom stereocenters. The van der Waals surface area contributed by atoms with Gasteiger partial charge in [-0.2, -0.15) is 11.8 Å². The molecular weight excluding hydrogens is 416 g/mol. The van der Waals surface area contributed by atoms with Crippen molar-refractivity contribution in [2.45, 2.75) is 50.3 Å². The van der Waals surface area contributed by atoms with Crippen molar-refractivity contribution < 1.29 is 4.79 Å². The lowest BCUT2D eigenvalue weighted by Crippen LogP contribution is -2.30. The number of hydrogen-bond donors (Lipinski definition) is 1. The van der Waals surface area contributed by atoms with E-state index in [2.05, 4.69) is 21.0 Å². The maximum absolute atomic E-state index is 12.8. The van der Waals surface area contributed by atoms with E-state index in [9.17, 15) is 9.59 Å². The first-order valence-corrected chi connectivity index (χ1v) is 12.5. The molecule has 5 rings (SSSR count). The third-order valence-corrected chi connectivity index (χ3v) is 8.12. The van der Waals surface area contributed by atoms with E-state index in [-0.39, 0.29) is 17.5 Å². The fraction of sp³-hybridized carbons (Fsp3) is 0.455. The van der Waals surface area contributed by atoms with Crippen LogP contribution in [0.25, 0.3) is 10.2 Å². The van der Waals surface area contributed by atoms with Crippen LogP contribution in [0.4, 0.5) is 0 Å². The Labute approximate surface area is 183 Å².